The number of aromatic nitrogens is 1. The van der Waals surface area contributed by atoms with Gasteiger partial charge in [0.1, 0.15) is 0 Å². The van der Waals surface area contributed by atoms with Crippen LogP contribution in [0.3, 0.4) is 0 Å². The van der Waals surface area contributed by atoms with Crippen molar-refractivity contribution in [3.63, 3.8) is 0 Å². The predicted octanol–water partition coefficient (Wildman–Crippen LogP) is 1.66. The standard InChI is InChI=1S/C14H25N3O/c1-3-17(11-13-7-4-5-10-16-13)14(12-18-2)8-6-9-15/h4-5,7,10,14H,3,6,8-9,11-12,15H2,1-2H3. The Labute approximate surface area is 110 Å². The van der Waals surface area contributed by atoms with E-state index < -0.39 is 0 Å². The van der Waals surface area contributed by atoms with Crippen LogP contribution in [0.5, 0.6) is 0 Å². The van der Waals surface area contributed by atoms with Crippen LogP contribution in [0, 0.1) is 0 Å². The minimum atomic E-state index is 0.422. The van der Waals surface area contributed by atoms with Crippen LogP contribution in [0.4, 0.5) is 0 Å². The van der Waals surface area contributed by atoms with Gasteiger partial charge in [0.05, 0.1) is 12.3 Å². The summed E-state index contributed by atoms with van der Waals surface area (Å²) in [5.41, 5.74) is 6.70. The lowest BCUT2D eigenvalue weighted by molar-refractivity contribution is 0.0818. The van der Waals surface area contributed by atoms with Crippen molar-refractivity contribution >= 4 is 0 Å². The molecule has 0 saturated carbocycles. The molecule has 4 nitrogen and oxygen atoms in total. The average Bonchev–Trinajstić information content (AvgIpc) is 2.42. The SMILES string of the molecule is CCN(Cc1ccccn1)C(CCCN)COC. The first-order valence-corrected chi connectivity index (χ1v) is 6.64. The van der Waals surface area contributed by atoms with E-state index >= 15 is 0 Å². The Morgan fingerprint density at radius 1 is 1.44 bits per heavy atom. The van der Waals surface area contributed by atoms with E-state index in [1.165, 1.54) is 0 Å². The molecule has 2 N–H and O–H groups in total. The molecule has 0 fully saturated rings. The zero-order chi connectivity index (χ0) is 13.2. The summed E-state index contributed by atoms with van der Waals surface area (Å²) in [5.74, 6) is 0. The molecule has 0 bridgehead atoms. The minimum Gasteiger partial charge on any atom is -0.383 e. The number of hydrogen-bond acceptors (Lipinski definition) is 4. The van der Waals surface area contributed by atoms with Gasteiger partial charge in [-0.15, -0.1) is 0 Å². The van der Waals surface area contributed by atoms with Gasteiger partial charge < -0.3 is 10.5 Å². The van der Waals surface area contributed by atoms with Gasteiger partial charge in [0.2, 0.25) is 0 Å². The van der Waals surface area contributed by atoms with Gasteiger partial charge in [-0.1, -0.05) is 13.0 Å². The molecular weight excluding hydrogens is 226 g/mol. The second-order valence-electron chi connectivity index (χ2n) is 4.42. The third kappa shape index (κ3) is 5.12. The summed E-state index contributed by atoms with van der Waals surface area (Å²) < 4.78 is 5.32. The van der Waals surface area contributed by atoms with Crippen LogP contribution in [0.1, 0.15) is 25.5 Å². The van der Waals surface area contributed by atoms with Gasteiger partial charge in [-0.3, -0.25) is 9.88 Å². The second kappa shape index (κ2) is 9.03. The van der Waals surface area contributed by atoms with Crippen molar-refractivity contribution in [3.05, 3.63) is 30.1 Å². The Morgan fingerprint density at radius 2 is 2.28 bits per heavy atom. The topological polar surface area (TPSA) is 51.4 Å². The maximum atomic E-state index is 5.60. The molecule has 18 heavy (non-hydrogen) atoms. The van der Waals surface area contributed by atoms with Gasteiger partial charge in [0, 0.05) is 25.9 Å². The Balaban J connectivity index is 2.60. The quantitative estimate of drug-likeness (QED) is 0.725. The highest BCUT2D eigenvalue weighted by Crippen LogP contribution is 2.11. The third-order valence-corrected chi connectivity index (χ3v) is 3.11. The van der Waals surface area contributed by atoms with Crippen molar-refractivity contribution in [2.75, 3.05) is 26.8 Å². The van der Waals surface area contributed by atoms with E-state index in [0.717, 1.165) is 44.8 Å². The number of methoxy groups -OCH3 is 1. The van der Waals surface area contributed by atoms with Gasteiger partial charge >= 0.3 is 0 Å². The number of hydrogen-bond donors (Lipinski definition) is 1. The molecule has 0 aromatic carbocycles. The van der Waals surface area contributed by atoms with Crippen LogP contribution in [0.25, 0.3) is 0 Å². The summed E-state index contributed by atoms with van der Waals surface area (Å²) in [6.45, 7) is 5.53. The zero-order valence-electron chi connectivity index (χ0n) is 11.5. The molecule has 1 heterocycles. The summed E-state index contributed by atoms with van der Waals surface area (Å²) in [4.78, 5) is 6.79. The average molecular weight is 251 g/mol. The smallest absolute Gasteiger partial charge is 0.0618 e. The van der Waals surface area contributed by atoms with Crippen LogP contribution in [0.15, 0.2) is 24.4 Å². The van der Waals surface area contributed by atoms with E-state index in [2.05, 4.69) is 22.9 Å². The number of pyridine rings is 1. The maximum absolute atomic E-state index is 5.60. The highest BCUT2D eigenvalue weighted by Gasteiger charge is 2.17. The monoisotopic (exact) mass is 251 g/mol. The predicted molar refractivity (Wildman–Crippen MR) is 74.3 cm³/mol. The fourth-order valence-electron chi connectivity index (χ4n) is 2.12. The number of ether oxygens (including phenoxy) is 1. The summed E-state index contributed by atoms with van der Waals surface area (Å²) >= 11 is 0. The fourth-order valence-corrected chi connectivity index (χ4v) is 2.12. The van der Waals surface area contributed by atoms with Crippen LogP contribution in [-0.4, -0.2) is 42.7 Å². The lowest BCUT2D eigenvalue weighted by atomic mass is 10.1. The molecule has 0 spiro atoms. The fraction of sp³-hybridized carbons (Fsp3) is 0.643. The van der Waals surface area contributed by atoms with Crippen molar-refractivity contribution in [1.29, 1.82) is 0 Å². The summed E-state index contributed by atoms with van der Waals surface area (Å²) in [7, 11) is 1.75. The third-order valence-electron chi connectivity index (χ3n) is 3.11. The van der Waals surface area contributed by atoms with Crippen molar-refractivity contribution in [2.24, 2.45) is 5.73 Å². The van der Waals surface area contributed by atoms with Crippen LogP contribution < -0.4 is 5.73 Å². The van der Waals surface area contributed by atoms with Crippen molar-refractivity contribution in [1.82, 2.24) is 9.88 Å². The highest BCUT2D eigenvalue weighted by atomic mass is 16.5. The van der Waals surface area contributed by atoms with Crippen molar-refractivity contribution in [3.8, 4) is 0 Å². The van der Waals surface area contributed by atoms with Gasteiger partial charge in [-0.2, -0.15) is 0 Å². The Morgan fingerprint density at radius 3 is 2.83 bits per heavy atom. The van der Waals surface area contributed by atoms with Gasteiger partial charge in [-0.05, 0) is 38.1 Å². The van der Waals surface area contributed by atoms with E-state index in [1.54, 1.807) is 7.11 Å². The van der Waals surface area contributed by atoms with Crippen molar-refractivity contribution in [2.45, 2.75) is 32.4 Å². The molecule has 1 aromatic heterocycles. The van der Waals surface area contributed by atoms with E-state index in [9.17, 15) is 0 Å². The van der Waals surface area contributed by atoms with Crippen LogP contribution in [0.2, 0.25) is 0 Å². The molecule has 1 atom stereocenters. The highest BCUT2D eigenvalue weighted by molar-refractivity contribution is 5.03. The molecule has 4 heteroatoms. The number of rotatable bonds is 9. The number of likely N-dealkylation sites (N-methyl/N-ethyl adjacent to an activating group) is 1. The molecule has 0 radical (unpaired) electrons. The molecule has 102 valence electrons. The minimum absolute atomic E-state index is 0.422. The first-order chi connectivity index (χ1) is 8.81. The van der Waals surface area contributed by atoms with E-state index in [-0.39, 0.29) is 0 Å². The van der Waals surface area contributed by atoms with E-state index in [1.807, 2.05) is 18.3 Å². The Bertz CT molecular complexity index is 305. The largest absolute Gasteiger partial charge is 0.383 e. The lowest BCUT2D eigenvalue weighted by Crippen LogP contribution is -2.38. The molecule has 1 unspecified atom stereocenters. The molecule has 1 aromatic rings. The maximum Gasteiger partial charge on any atom is 0.0618 e. The Hall–Kier alpha value is -0.970. The van der Waals surface area contributed by atoms with Gasteiger partial charge in [0.25, 0.3) is 0 Å². The molecule has 0 aliphatic heterocycles. The molecule has 1 rings (SSSR count). The molecule has 0 saturated heterocycles. The first-order valence-electron chi connectivity index (χ1n) is 6.64. The number of nitrogens with zero attached hydrogens (tertiary/aromatic N) is 2. The van der Waals surface area contributed by atoms with Crippen LogP contribution in [-0.2, 0) is 11.3 Å². The summed E-state index contributed by atoms with van der Waals surface area (Å²) in [6.07, 6.45) is 3.95. The Kier molecular flexibility index (Phi) is 7.57. The summed E-state index contributed by atoms with van der Waals surface area (Å²) in [6, 6.07) is 6.46. The molecule has 0 aliphatic rings. The molecule has 0 aliphatic carbocycles. The lowest BCUT2D eigenvalue weighted by Gasteiger charge is -2.30. The zero-order valence-corrected chi connectivity index (χ0v) is 11.5. The van der Waals surface area contributed by atoms with Crippen LogP contribution >= 0.6 is 0 Å². The van der Waals surface area contributed by atoms with E-state index in [4.69, 9.17) is 10.5 Å². The van der Waals surface area contributed by atoms with Gasteiger partial charge in [-0.25, -0.2) is 0 Å². The van der Waals surface area contributed by atoms with Gasteiger partial charge in [0.15, 0.2) is 0 Å². The molecule has 0 amide bonds. The first kappa shape index (κ1) is 15.1. The van der Waals surface area contributed by atoms with Crippen molar-refractivity contribution < 1.29 is 4.74 Å². The normalized spacial score (nSPS) is 12.9. The second-order valence-corrected chi connectivity index (χ2v) is 4.42. The number of nitrogens with two attached hydrogens (primary N) is 1. The van der Waals surface area contributed by atoms with E-state index in [0.29, 0.717) is 6.04 Å². The summed E-state index contributed by atoms with van der Waals surface area (Å²) in [5, 5.41) is 0. The molecular formula is C14H25N3O.